The number of benzene rings is 2. The number of morpholine rings is 1. The van der Waals surface area contributed by atoms with Crippen LogP contribution in [0.1, 0.15) is 17.1 Å². The molecule has 2 aromatic carbocycles. The molecule has 0 aliphatic carbocycles. The summed E-state index contributed by atoms with van der Waals surface area (Å²) in [5.41, 5.74) is 3.43. The zero-order valence-electron chi connectivity index (χ0n) is 18.6. The minimum Gasteiger partial charge on any atom is -0.378 e. The van der Waals surface area contributed by atoms with E-state index < -0.39 is 0 Å². The van der Waals surface area contributed by atoms with Crippen LogP contribution in [0.4, 0.5) is 5.95 Å². The first-order chi connectivity index (χ1) is 16.7. The van der Waals surface area contributed by atoms with Crippen LogP contribution in [-0.2, 0) is 4.74 Å². The Morgan fingerprint density at radius 3 is 2.29 bits per heavy atom. The van der Waals surface area contributed by atoms with Crippen molar-refractivity contribution in [1.82, 2.24) is 24.5 Å². The fourth-order valence-corrected chi connectivity index (χ4v) is 4.27. The van der Waals surface area contributed by atoms with E-state index in [0.29, 0.717) is 60.1 Å². The minimum atomic E-state index is 0.341. The van der Waals surface area contributed by atoms with Crippen molar-refractivity contribution in [2.24, 2.45) is 0 Å². The monoisotopic (exact) mass is 471 g/mol. The van der Waals surface area contributed by atoms with E-state index in [4.69, 9.17) is 16.3 Å². The zero-order valence-corrected chi connectivity index (χ0v) is 19.4. The molecule has 0 atom stereocenters. The SMILES string of the molecule is Cc1nn(-c2ccccc2)c(Cl)c1/C=C(\C#N)c1nnc(N2CCOCC2)n1-c1ccccc1. The maximum absolute atomic E-state index is 10.1. The number of anilines is 1. The van der Waals surface area contributed by atoms with E-state index in [1.54, 1.807) is 10.8 Å². The standard InChI is InChI=1S/C25H22ClN7O/c1-18-22(23(26)33(30-18)21-10-6-3-7-11-21)16-19(17-27)24-28-29-25(31-12-14-34-15-13-31)32(24)20-8-4-2-5-9-20/h2-11,16H,12-15H2,1H3/b19-16+. The maximum Gasteiger partial charge on any atom is 0.232 e. The Morgan fingerprint density at radius 1 is 1.00 bits per heavy atom. The third-order valence-corrected chi connectivity index (χ3v) is 6.02. The molecule has 9 heteroatoms. The molecule has 0 N–H and O–H groups in total. The number of ether oxygens (including phenoxy) is 1. The van der Waals surface area contributed by atoms with Crippen LogP contribution in [0.25, 0.3) is 23.0 Å². The number of aromatic nitrogens is 5. The molecule has 1 aliphatic rings. The molecule has 1 fully saturated rings. The summed E-state index contributed by atoms with van der Waals surface area (Å²) in [5.74, 6) is 1.12. The lowest BCUT2D eigenvalue weighted by Crippen LogP contribution is -2.38. The van der Waals surface area contributed by atoms with Crippen LogP contribution in [0.15, 0.2) is 60.7 Å². The van der Waals surface area contributed by atoms with E-state index in [0.717, 1.165) is 11.4 Å². The lowest BCUT2D eigenvalue weighted by Gasteiger charge is -2.28. The number of aryl methyl sites for hydroxylation is 1. The quantitative estimate of drug-likeness (QED) is 0.403. The largest absolute Gasteiger partial charge is 0.378 e. The normalized spacial score (nSPS) is 14.3. The van der Waals surface area contributed by atoms with Gasteiger partial charge in [0.25, 0.3) is 0 Å². The number of hydrogen-bond acceptors (Lipinski definition) is 6. The second-order valence-corrected chi connectivity index (χ2v) is 8.16. The van der Waals surface area contributed by atoms with Crippen molar-refractivity contribution in [2.75, 3.05) is 31.2 Å². The zero-order chi connectivity index (χ0) is 23.5. The second kappa shape index (κ2) is 9.51. The molecule has 1 saturated heterocycles. The second-order valence-electron chi connectivity index (χ2n) is 7.80. The highest BCUT2D eigenvalue weighted by Crippen LogP contribution is 2.30. The van der Waals surface area contributed by atoms with Gasteiger partial charge in [0.15, 0.2) is 5.82 Å². The summed E-state index contributed by atoms with van der Waals surface area (Å²) in [7, 11) is 0. The average molecular weight is 472 g/mol. The van der Waals surface area contributed by atoms with Crippen molar-refractivity contribution in [2.45, 2.75) is 6.92 Å². The molecule has 0 amide bonds. The number of rotatable bonds is 5. The molecule has 5 rings (SSSR count). The van der Waals surface area contributed by atoms with Crippen LogP contribution in [0.3, 0.4) is 0 Å². The summed E-state index contributed by atoms with van der Waals surface area (Å²) < 4.78 is 9.07. The first-order valence-corrected chi connectivity index (χ1v) is 11.3. The molecule has 0 spiro atoms. The Kier molecular flexibility index (Phi) is 6.12. The van der Waals surface area contributed by atoms with Gasteiger partial charge in [-0.15, -0.1) is 10.2 Å². The van der Waals surface area contributed by atoms with Crippen molar-refractivity contribution >= 4 is 29.2 Å². The fourth-order valence-electron chi connectivity index (χ4n) is 3.94. The van der Waals surface area contributed by atoms with Gasteiger partial charge < -0.3 is 9.64 Å². The molecule has 170 valence electrons. The topological polar surface area (TPSA) is 84.8 Å². The number of halogens is 1. The Bertz CT molecular complexity index is 1360. The molecule has 0 unspecified atom stereocenters. The Hall–Kier alpha value is -3.93. The van der Waals surface area contributed by atoms with E-state index in [1.165, 1.54) is 0 Å². The van der Waals surface area contributed by atoms with Gasteiger partial charge in [0, 0.05) is 18.7 Å². The van der Waals surface area contributed by atoms with Crippen LogP contribution in [0.2, 0.25) is 5.15 Å². The molecular formula is C25H22ClN7O. The number of nitrogens with zero attached hydrogens (tertiary/aromatic N) is 7. The van der Waals surface area contributed by atoms with Crippen LogP contribution in [0.5, 0.6) is 0 Å². The summed E-state index contributed by atoms with van der Waals surface area (Å²) >= 11 is 6.72. The molecular weight excluding hydrogens is 450 g/mol. The highest BCUT2D eigenvalue weighted by molar-refractivity contribution is 6.31. The van der Waals surface area contributed by atoms with E-state index in [9.17, 15) is 5.26 Å². The maximum atomic E-state index is 10.1. The minimum absolute atomic E-state index is 0.341. The summed E-state index contributed by atoms with van der Waals surface area (Å²) in [6.07, 6.45) is 1.73. The van der Waals surface area contributed by atoms with E-state index in [-0.39, 0.29) is 0 Å². The van der Waals surface area contributed by atoms with Crippen LogP contribution < -0.4 is 4.90 Å². The Morgan fingerprint density at radius 2 is 1.65 bits per heavy atom. The van der Waals surface area contributed by atoms with Gasteiger partial charge >= 0.3 is 0 Å². The Balaban J connectivity index is 1.63. The summed E-state index contributed by atoms with van der Waals surface area (Å²) in [6, 6.07) is 21.7. The highest BCUT2D eigenvalue weighted by Gasteiger charge is 2.24. The van der Waals surface area contributed by atoms with Crippen LogP contribution in [-0.4, -0.2) is 50.8 Å². The predicted molar refractivity (Wildman–Crippen MR) is 131 cm³/mol. The molecule has 0 radical (unpaired) electrons. The Labute approximate surface area is 202 Å². The van der Waals surface area contributed by atoms with Gasteiger partial charge in [0.2, 0.25) is 5.95 Å². The van der Waals surface area contributed by atoms with Crippen molar-refractivity contribution in [3.63, 3.8) is 0 Å². The molecule has 8 nitrogen and oxygen atoms in total. The van der Waals surface area contributed by atoms with Crippen molar-refractivity contribution in [3.05, 3.63) is 82.9 Å². The lowest BCUT2D eigenvalue weighted by molar-refractivity contribution is 0.122. The van der Waals surface area contributed by atoms with E-state index >= 15 is 0 Å². The highest BCUT2D eigenvalue weighted by atomic mass is 35.5. The summed E-state index contributed by atoms with van der Waals surface area (Å²) in [5, 5.41) is 24.0. The van der Waals surface area contributed by atoms with Crippen LogP contribution >= 0.6 is 11.6 Å². The molecule has 34 heavy (non-hydrogen) atoms. The molecule has 2 aromatic heterocycles. The van der Waals surface area contributed by atoms with E-state index in [1.807, 2.05) is 72.2 Å². The van der Waals surface area contributed by atoms with Gasteiger partial charge in [-0.05, 0) is 37.3 Å². The fraction of sp³-hybridized carbons (Fsp3) is 0.200. The number of hydrogen-bond donors (Lipinski definition) is 0. The van der Waals surface area contributed by atoms with Gasteiger partial charge in [0.1, 0.15) is 11.2 Å². The van der Waals surface area contributed by atoms with Crippen LogP contribution in [0, 0.1) is 18.3 Å². The molecule has 1 aliphatic heterocycles. The van der Waals surface area contributed by atoms with Gasteiger partial charge in [-0.1, -0.05) is 48.0 Å². The lowest BCUT2D eigenvalue weighted by atomic mass is 10.1. The predicted octanol–water partition coefficient (Wildman–Crippen LogP) is 4.32. The first-order valence-electron chi connectivity index (χ1n) is 10.9. The summed E-state index contributed by atoms with van der Waals surface area (Å²) in [4.78, 5) is 2.12. The van der Waals surface area contributed by atoms with Crippen molar-refractivity contribution in [3.8, 4) is 17.4 Å². The molecule has 0 saturated carbocycles. The third kappa shape index (κ3) is 4.07. The van der Waals surface area contributed by atoms with E-state index in [2.05, 4.69) is 26.3 Å². The molecule has 3 heterocycles. The third-order valence-electron chi connectivity index (χ3n) is 5.65. The smallest absolute Gasteiger partial charge is 0.232 e. The first kappa shape index (κ1) is 21.9. The van der Waals surface area contributed by atoms with Gasteiger partial charge in [-0.25, -0.2) is 4.68 Å². The molecule has 4 aromatic rings. The summed E-state index contributed by atoms with van der Waals surface area (Å²) in [6.45, 7) is 4.50. The van der Waals surface area contributed by atoms with Crippen molar-refractivity contribution < 1.29 is 4.74 Å². The average Bonchev–Trinajstić information content (AvgIpc) is 3.45. The van der Waals surface area contributed by atoms with Gasteiger partial charge in [-0.2, -0.15) is 10.4 Å². The number of allylic oxidation sites excluding steroid dienone is 1. The van der Waals surface area contributed by atoms with Gasteiger partial charge in [0.05, 0.1) is 35.9 Å². The number of nitriles is 1. The number of para-hydroxylation sites is 2. The molecule has 0 bridgehead atoms. The van der Waals surface area contributed by atoms with Crippen molar-refractivity contribution in [1.29, 1.82) is 5.26 Å². The van der Waals surface area contributed by atoms with Gasteiger partial charge in [-0.3, -0.25) is 4.57 Å².